The van der Waals surface area contributed by atoms with Crippen molar-refractivity contribution in [2.75, 3.05) is 37.7 Å². The first-order chi connectivity index (χ1) is 8.48. The Bertz CT molecular complexity index is 412. The molecule has 18 heavy (non-hydrogen) atoms. The van der Waals surface area contributed by atoms with Gasteiger partial charge in [0.25, 0.3) is 0 Å². The smallest absolute Gasteiger partial charge is 0.0486 e. The molecule has 3 N–H and O–H groups in total. The summed E-state index contributed by atoms with van der Waals surface area (Å²) >= 11 is 3.55. The molecule has 0 unspecified atom stereocenters. The first-order valence-electron chi connectivity index (χ1n) is 6.46. The maximum atomic E-state index is 5.74. The van der Waals surface area contributed by atoms with Gasteiger partial charge >= 0.3 is 0 Å². The van der Waals surface area contributed by atoms with Crippen LogP contribution in [-0.2, 0) is 0 Å². The predicted molar refractivity (Wildman–Crippen MR) is 81.9 cm³/mol. The number of nitrogens with zero attached hydrogens (tertiary/aromatic N) is 1. The molecule has 2 rings (SSSR count). The number of nitrogens with two attached hydrogens (primary N) is 1. The Balaban J connectivity index is 1.94. The SMILES string of the molecule is CN1CCC(C)(CNc2ccc(N)cc2Br)CC1. The highest BCUT2D eigenvalue weighted by Crippen LogP contribution is 2.32. The normalized spacial score (nSPS) is 19.7. The maximum Gasteiger partial charge on any atom is 0.0486 e. The van der Waals surface area contributed by atoms with E-state index in [1.165, 1.54) is 25.9 Å². The van der Waals surface area contributed by atoms with E-state index in [1.54, 1.807) is 0 Å². The summed E-state index contributed by atoms with van der Waals surface area (Å²) in [6.07, 6.45) is 2.51. The van der Waals surface area contributed by atoms with Gasteiger partial charge in [0, 0.05) is 22.4 Å². The number of nitrogens with one attached hydrogen (secondary N) is 1. The van der Waals surface area contributed by atoms with E-state index in [0.717, 1.165) is 22.4 Å². The van der Waals surface area contributed by atoms with E-state index in [0.29, 0.717) is 5.41 Å². The summed E-state index contributed by atoms with van der Waals surface area (Å²) in [7, 11) is 2.20. The fraction of sp³-hybridized carbons (Fsp3) is 0.571. The number of benzene rings is 1. The second-order valence-electron chi connectivity index (χ2n) is 5.71. The minimum absolute atomic E-state index is 0.396. The highest BCUT2D eigenvalue weighted by molar-refractivity contribution is 9.10. The molecule has 1 aromatic carbocycles. The molecule has 0 aliphatic carbocycles. The van der Waals surface area contributed by atoms with Crippen LogP contribution >= 0.6 is 15.9 Å². The average Bonchev–Trinajstić information content (AvgIpc) is 2.32. The quantitative estimate of drug-likeness (QED) is 0.842. The van der Waals surface area contributed by atoms with Gasteiger partial charge in [-0.25, -0.2) is 0 Å². The minimum Gasteiger partial charge on any atom is -0.399 e. The van der Waals surface area contributed by atoms with Crippen molar-refractivity contribution < 1.29 is 0 Å². The summed E-state index contributed by atoms with van der Waals surface area (Å²) in [6, 6.07) is 5.92. The molecule has 0 saturated carbocycles. The standard InChI is InChI=1S/C14H22BrN3/c1-14(5-7-18(2)8-6-14)10-17-13-4-3-11(16)9-12(13)15/h3-4,9,17H,5-8,10,16H2,1-2H3. The van der Waals surface area contributed by atoms with Gasteiger partial charge in [-0.1, -0.05) is 6.92 Å². The van der Waals surface area contributed by atoms with Gasteiger partial charge in [0.15, 0.2) is 0 Å². The summed E-state index contributed by atoms with van der Waals surface area (Å²) in [5.74, 6) is 0. The van der Waals surface area contributed by atoms with Crippen LogP contribution in [0.4, 0.5) is 11.4 Å². The number of halogens is 1. The third-order valence-corrected chi connectivity index (χ3v) is 4.55. The van der Waals surface area contributed by atoms with Crippen LogP contribution in [0.25, 0.3) is 0 Å². The Morgan fingerprint density at radius 2 is 2.06 bits per heavy atom. The molecule has 1 saturated heterocycles. The molecule has 3 nitrogen and oxygen atoms in total. The Hall–Kier alpha value is -0.740. The number of anilines is 2. The van der Waals surface area contributed by atoms with Crippen molar-refractivity contribution in [3.63, 3.8) is 0 Å². The van der Waals surface area contributed by atoms with E-state index in [4.69, 9.17) is 5.73 Å². The Morgan fingerprint density at radius 1 is 1.39 bits per heavy atom. The fourth-order valence-corrected chi connectivity index (χ4v) is 2.86. The van der Waals surface area contributed by atoms with Crippen LogP contribution in [0.3, 0.4) is 0 Å². The van der Waals surface area contributed by atoms with Crippen LogP contribution in [0.2, 0.25) is 0 Å². The van der Waals surface area contributed by atoms with Crippen molar-refractivity contribution >= 4 is 27.3 Å². The van der Waals surface area contributed by atoms with Gasteiger partial charge in [0.1, 0.15) is 0 Å². The minimum atomic E-state index is 0.396. The van der Waals surface area contributed by atoms with Gasteiger partial charge in [-0.2, -0.15) is 0 Å². The maximum absolute atomic E-state index is 5.74. The van der Waals surface area contributed by atoms with Gasteiger partial charge in [-0.3, -0.25) is 0 Å². The highest BCUT2D eigenvalue weighted by atomic mass is 79.9. The molecule has 0 radical (unpaired) electrons. The molecule has 1 aliphatic rings. The largest absolute Gasteiger partial charge is 0.399 e. The Kier molecular flexibility index (Phi) is 4.17. The van der Waals surface area contributed by atoms with Crippen LogP contribution in [-0.4, -0.2) is 31.6 Å². The first-order valence-corrected chi connectivity index (χ1v) is 7.25. The molecule has 0 aromatic heterocycles. The van der Waals surface area contributed by atoms with Crippen LogP contribution in [0.1, 0.15) is 19.8 Å². The van der Waals surface area contributed by atoms with Gasteiger partial charge in [-0.15, -0.1) is 0 Å². The van der Waals surface area contributed by atoms with Crippen LogP contribution in [0.5, 0.6) is 0 Å². The third kappa shape index (κ3) is 3.39. The lowest BCUT2D eigenvalue weighted by molar-refractivity contribution is 0.150. The van der Waals surface area contributed by atoms with E-state index < -0.39 is 0 Å². The number of rotatable bonds is 3. The lowest BCUT2D eigenvalue weighted by Gasteiger charge is -2.38. The summed E-state index contributed by atoms with van der Waals surface area (Å²) in [4.78, 5) is 2.40. The van der Waals surface area contributed by atoms with Gasteiger partial charge in [0.2, 0.25) is 0 Å². The third-order valence-electron chi connectivity index (χ3n) is 3.89. The fourth-order valence-electron chi connectivity index (χ4n) is 2.32. The molecule has 1 aromatic rings. The molecular formula is C14H22BrN3. The molecule has 0 spiro atoms. The molecule has 0 atom stereocenters. The summed E-state index contributed by atoms with van der Waals surface area (Å²) < 4.78 is 1.04. The summed E-state index contributed by atoms with van der Waals surface area (Å²) in [5.41, 5.74) is 8.06. The Morgan fingerprint density at radius 3 is 2.67 bits per heavy atom. The van der Waals surface area contributed by atoms with E-state index in [2.05, 4.69) is 40.1 Å². The molecule has 4 heteroatoms. The van der Waals surface area contributed by atoms with Crippen molar-refractivity contribution in [2.24, 2.45) is 5.41 Å². The van der Waals surface area contributed by atoms with Crippen molar-refractivity contribution in [1.29, 1.82) is 0 Å². The van der Waals surface area contributed by atoms with Crippen LogP contribution in [0.15, 0.2) is 22.7 Å². The number of nitrogen functional groups attached to an aromatic ring is 1. The lowest BCUT2D eigenvalue weighted by Crippen LogP contribution is -2.40. The summed E-state index contributed by atoms with van der Waals surface area (Å²) in [5, 5.41) is 3.54. The van der Waals surface area contributed by atoms with Crippen LogP contribution in [0, 0.1) is 5.41 Å². The van der Waals surface area contributed by atoms with E-state index in [-0.39, 0.29) is 0 Å². The number of hydrogen-bond donors (Lipinski definition) is 2. The highest BCUT2D eigenvalue weighted by Gasteiger charge is 2.28. The van der Waals surface area contributed by atoms with E-state index >= 15 is 0 Å². The zero-order valence-corrected chi connectivity index (χ0v) is 12.8. The molecular weight excluding hydrogens is 290 g/mol. The lowest BCUT2D eigenvalue weighted by atomic mass is 9.80. The molecule has 1 aliphatic heterocycles. The predicted octanol–water partition coefficient (Wildman–Crippen LogP) is 3.18. The van der Waals surface area contributed by atoms with Gasteiger partial charge in [0.05, 0.1) is 0 Å². The molecule has 0 amide bonds. The van der Waals surface area contributed by atoms with Crippen molar-refractivity contribution in [1.82, 2.24) is 4.90 Å². The van der Waals surface area contributed by atoms with E-state index in [1.807, 2.05) is 18.2 Å². The molecule has 0 bridgehead atoms. The molecule has 1 fully saturated rings. The monoisotopic (exact) mass is 311 g/mol. The second-order valence-corrected chi connectivity index (χ2v) is 6.56. The number of piperidine rings is 1. The Labute approximate surface area is 118 Å². The van der Waals surface area contributed by atoms with Crippen LogP contribution < -0.4 is 11.1 Å². The number of hydrogen-bond acceptors (Lipinski definition) is 3. The molecule has 1 heterocycles. The second kappa shape index (κ2) is 5.49. The number of likely N-dealkylation sites (tertiary alicyclic amines) is 1. The topological polar surface area (TPSA) is 41.3 Å². The van der Waals surface area contributed by atoms with Gasteiger partial charge < -0.3 is 16.0 Å². The average molecular weight is 312 g/mol. The van der Waals surface area contributed by atoms with E-state index in [9.17, 15) is 0 Å². The van der Waals surface area contributed by atoms with Crippen molar-refractivity contribution in [2.45, 2.75) is 19.8 Å². The summed E-state index contributed by atoms with van der Waals surface area (Å²) in [6.45, 7) is 5.78. The zero-order chi connectivity index (χ0) is 13.2. The van der Waals surface area contributed by atoms with Crippen molar-refractivity contribution in [3.8, 4) is 0 Å². The first kappa shape index (κ1) is 13.7. The van der Waals surface area contributed by atoms with Crippen molar-refractivity contribution in [3.05, 3.63) is 22.7 Å². The molecule has 100 valence electrons. The van der Waals surface area contributed by atoms with Gasteiger partial charge in [-0.05, 0) is 72.5 Å². The zero-order valence-electron chi connectivity index (χ0n) is 11.2.